The number of halogens is 1. The molecule has 0 radical (unpaired) electrons. The molecule has 0 fully saturated rings. The Hall–Kier alpha value is -3.02. The van der Waals surface area contributed by atoms with Crippen LogP contribution in [0.3, 0.4) is 0 Å². The molecule has 0 bridgehead atoms. The third-order valence-electron chi connectivity index (χ3n) is 5.10. The highest BCUT2D eigenvalue weighted by Gasteiger charge is 2.20. The first-order valence-corrected chi connectivity index (χ1v) is 9.18. The van der Waals surface area contributed by atoms with Crippen LogP contribution in [-0.2, 0) is 0 Å². The highest BCUT2D eigenvalue weighted by molar-refractivity contribution is 5.89. The average molecular weight is 381 g/mol. The van der Waals surface area contributed by atoms with Gasteiger partial charge in [0.05, 0.1) is 18.4 Å². The molecule has 0 atom stereocenters. The Bertz CT molecular complexity index is 1010. The Morgan fingerprint density at radius 3 is 2.68 bits per heavy atom. The molecular formula is C22H24FN3O2. The quantitative estimate of drug-likeness (QED) is 0.486. The van der Waals surface area contributed by atoms with Crippen molar-refractivity contribution in [2.45, 2.75) is 34.1 Å². The Balaban J connectivity index is 1.89. The predicted molar refractivity (Wildman–Crippen MR) is 109 cm³/mol. The number of aromatic nitrogens is 2. The fraction of sp³-hybridized carbons (Fsp3) is 0.318. The van der Waals surface area contributed by atoms with Gasteiger partial charge in [-0.15, -0.1) is 0 Å². The van der Waals surface area contributed by atoms with Gasteiger partial charge in [-0.3, -0.25) is 4.99 Å². The molecule has 0 saturated heterocycles. The van der Waals surface area contributed by atoms with Gasteiger partial charge in [-0.05, 0) is 37.6 Å². The SMILES string of the molecule is CCC(C)(C)C(C)=Nc1ccc(-c2nc(-c3cccc(OC)c3)no2)c(F)c1. The number of aliphatic imine (C=N–C) groups is 1. The van der Waals surface area contributed by atoms with E-state index in [1.165, 1.54) is 6.07 Å². The van der Waals surface area contributed by atoms with E-state index < -0.39 is 5.82 Å². The van der Waals surface area contributed by atoms with Crippen molar-refractivity contribution < 1.29 is 13.7 Å². The van der Waals surface area contributed by atoms with E-state index in [9.17, 15) is 4.39 Å². The van der Waals surface area contributed by atoms with Crippen LogP contribution in [0.15, 0.2) is 52.0 Å². The van der Waals surface area contributed by atoms with Gasteiger partial charge in [0.25, 0.3) is 5.89 Å². The summed E-state index contributed by atoms with van der Waals surface area (Å²) in [5.74, 6) is 0.721. The van der Waals surface area contributed by atoms with Crippen molar-refractivity contribution in [1.82, 2.24) is 10.1 Å². The summed E-state index contributed by atoms with van der Waals surface area (Å²) < 4.78 is 25.2. The lowest BCUT2D eigenvalue weighted by atomic mass is 9.85. The van der Waals surface area contributed by atoms with Crippen molar-refractivity contribution in [2.75, 3.05) is 7.11 Å². The summed E-state index contributed by atoms with van der Waals surface area (Å²) in [7, 11) is 1.59. The average Bonchev–Trinajstić information content (AvgIpc) is 3.18. The maximum atomic E-state index is 14.7. The fourth-order valence-corrected chi connectivity index (χ4v) is 2.56. The molecule has 0 aliphatic rings. The second kappa shape index (κ2) is 7.92. The van der Waals surface area contributed by atoms with Gasteiger partial charge in [0.2, 0.25) is 5.82 Å². The molecule has 1 heterocycles. The molecule has 1 aromatic heterocycles. The number of hydrogen-bond acceptors (Lipinski definition) is 5. The van der Waals surface area contributed by atoms with Gasteiger partial charge in [0, 0.05) is 22.8 Å². The van der Waals surface area contributed by atoms with Crippen LogP contribution in [0.2, 0.25) is 0 Å². The van der Waals surface area contributed by atoms with Gasteiger partial charge in [-0.25, -0.2) is 4.39 Å². The first kappa shape index (κ1) is 19.7. The predicted octanol–water partition coefficient (Wildman–Crippen LogP) is 6.08. The summed E-state index contributed by atoms with van der Waals surface area (Å²) in [4.78, 5) is 8.89. The van der Waals surface area contributed by atoms with Gasteiger partial charge >= 0.3 is 0 Å². The smallest absolute Gasteiger partial charge is 0.261 e. The minimum absolute atomic E-state index is 0.0344. The molecule has 28 heavy (non-hydrogen) atoms. The van der Waals surface area contributed by atoms with Gasteiger partial charge < -0.3 is 9.26 Å². The van der Waals surface area contributed by atoms with E-state index in [1.807, 2.05) is 25.1 Å². The van der Waals surface area contributed by atoms with E-state index in [1.54, 1.807) is 25.3 Å². The topological polar surface area (TPSA) is 60.5 Å². The number of hydrogen-bond donors (Lipinski definition) is 0. The summed E-state index contributed by atoms with van der Waals surface area (Å²) in [6.45, 7) is 8.32. The van der Waals surface area contributed by atoms with Crippen LogP contribution < -0.4 is 4.74 Å². The van der Waals surface area contributed by atoms with Crippen LogP contribution in [0.1, 0.15) is 34.1 Å². The Morgan fingerprint density at radius 2 is 2.00 bits per heavy atom. The molecule has 0 aliphatic carbocycles. The first-order valence-electron chi connectivity index (χ1n) is 9.18. The van der Waals surface area contributed by atoms with E-state index in [-0.39, 0.29) is 16.9 Å². The first-order chi connectivity index (χ1) is 13.3. The number of benzene rings is 2. The highest BCUT2D eigenvalue weighted by atomic mass is 19.1. The zero-order valence-corrected chi connectivity index (χ0v) is 16.8. The van der Waals surface area contributed by atoms with E-state index in [4.69, 9.17) is 9.26 Å². The molecule has 0 saturated carbocycles. The van der Waals surface area contributed by atoms with Crippen molar-refractivity contribution in [3.63, 3.8) is 0 Å². The minimum Gasteiger partial charge on any atom is -0.497 e. The van der Waals surface area contributed by atoms with Crippen molar-refractivity contribution in [2.24, 2.45) is 10.4 Å². The molecule has 0 N–H and O–H groups in total. The molecule has 5 nitrogen and oxygen atoms in total. The molecule has 0 amide bonds. The maximum Gasteiger partial charge on any atom is 0.261 e. The second-order valence-electron chi connectivity index (χ2n) is 7.25. The summed E-state index contributed by atoms with van der Waals surface area (Å²) in [6, 6.07) is 12.0. The van der Waals surface area contributed by atoms with Crippen LogP contribution in [0, 0.1) is 11.2 Å². The molecule has 3 aromatic rings. The maximum absolute atomic E-state index is 14.7. The van der Waals surface area contributed by atoms with Crippen LogP contribution in [0.5, 0.6) is 5.75 Å². The molecule has 2 aromatic carbocycles. The number of nitrogens with zero attached hydrogens (tertiary/aromatic N) is 3. The van der Waals surface area contributed by atoms with E-state index >= 15 is 0 Å². The van der Waals surface area contributed by atoms with Crippen molar-refractivity contribution in [1.29, 1.82) is 0 Å². The summed E-state index contributed by atoms with van der Waals surface area (Å²) >= 11 is 0. The van der Waals surface area contributed by atoms with Gasteiger partial charge in [-0.1, -0.05) is 38.1 Å². The zero-order valence-electron chi connectivity index (χ0n) is 16.8. The minimum atomic E-state index is -0.454. The van der Waals surface area contributed by atoms with Crippen molar-refractivity contribution >= 4 is 11.4 Å². The van der Waals surface area contributed by atoms with Crippen LogP contribution >= 0.6 is 0 Å². The zero-order chi connectivity index (χ0) is 20.3. The van der Waals surface area contributed by atoms with Crippen molar-refractivity contribution in [3.05, 3.63) is 48.3 Å². The van der Waals surface area contributed by atoms with E-state index in [0.717, 1.165) is 17.7 Å². The third kappa shape index (κ3) is 4.11. The fourth-order valence-electron chi connectivity index (χ4n) is 2.56. The lowest BCUT2D eigenvalue weighted by Crippen LogP contribution is -2.19. The lowest BCUT2D eigenvalue weighted by molar-refractivity contribution is 0.414. The standard InChI is InChI=1S/C22H24FN3O2/c1-6-22(3,4)14(2)24-16-10-11-18(19(23)13-16)21-25-20(26-28-21)15-8-7-9-17(12-15)27-5/h7-13H,6H2,1-5H3. The Labute approximate surface area is 164 Å². The molecule has 0 unspecified atom stereocenters. The number of ether oxygens (including phenoxy) is 1. The normalized spacial score (nSPS) is 12.3. The molecular weight excluding hydrogens is 357 g/mol. The van der Waals surface area contributed by atoms with E-state index in [2.05, 4.69) is 35.9 Å². The van der Waals surface area contributed by atoms with E-state index in [0.29, 0.717) is 17.3 Å². The lowest BCUT2D eigenvalue weighted by Gasteiger charge is -2.22. The highest BCUT2D eigenvalue weighted by Crippen LogP contribution is 2.30. The summed E-state index contributed by atoms with van der Waals surface area (Å²) in [6.07, 6.45) is 0.956. The molecule has 0 aliphatic heterocycles. The summed E-state index contributed by atoms with van der Waals surface area (Å²) in [5, 5.41) is 3.96. The third-order valence-corrected chi connectivity index (χ3v) is 5.10. The molecule has 146 valence electrons. The molecule has 3 rings (SSSR count). The Kier molecular flexibility index (Phi) is 5.58. The second-order valence-corrected chi connectivity index (χ2v) is 7.25. The summed E-state index contributed by atoms with van der Waals surface area (Å²) in [5.41, 5.74) is 2.46. The van der Waals surface area contributed by atoms with Crippen LogP contribution in [0.25, 0.3) is 22.8 Å². The largest absolute Gasteiger partial charge is 0.497 e. The van der Waals surface area contributed by atoms with Crippen LogP contribution in [0.4, 0.5) is 10.1 Å². The van der Waals surface area contributed by atoms with Gasteiger partial charge in [0.15, 0.2) is 0 Å². The van der Waals surface area contributed by atoms with Gasteiger partial charge in [0.1, 0.15) is 11.6 Å². The monoisotopic (exact) mass is 381 g/mol. The van der Waals surface area contributed by atoms with Crippen LogP contribution in [-0.4, -0.2) is 23.0 Å². The molecule has 0 spiro atoms. The number of rotatable bonds is 6. The van der Waals surface area contributed by atoms with Crippen molar-refractivity contribution in [3.8, 4) is 28.6 Å². The number of methoxy groups -OCH3 is 1. The molecule has 6 heteroatoms. The van der Waals surface area contributed by atoms with Gasteiger partial charge in [-0.2, -0.15) is 4.98 Å². The Morgan fingerprint density at radius 1 is 1.21 bits per heavy atom.